The molecule has 0 aliphatic heterocycles. The van der Waals surface area contributed by atoms with E-state index in [2.05, 4.69) is 15.4 Å². The minimum Gasteiger partial charge on any atom is -0.493 e. The van der Waals surface area contributed by atoms with Crippen molar-refractivity contribution < 1.29 is 32.2 Å². The molecule has 0 spiro atoms. The van der Waals surface area contributed by atoms with E-state index in [4.69, 9.17) is 14.2 Å². The fourth-order valence-corrected chi connectivity index (χ4v) is 3.91. The maximum absolute atomic E-state index is 13.0. The summed E-state index contributed by atoms with van der Waals surface area (Å²) in [5.41, 5.74) is -0.346. The molecule has 0 bridgehead atoms. The van der Waals surface area contributed by atoms with Crippen molar-refractivity contribution in [3.8, 4) is 17.2 Å². The number of ether oxygens (including phenoxy) is 3. The Balaban J connectivity index is 1.46. The first-order valence-corrected chi connectivity index (χ1v) is 11.3. The van der Waals surface area contributed by atoms with E-state index in [-0.39, 0.29) is 30.7 Å². The molecule has 1 N–H and O–H groups in total. The summed E-state index contributed by atoms with van der Waals surface area (Å²) in [7, 11) is 4.35. The molecule has 13 heteroatoms. The first-order chi connectivity index (χ1) is 18.2. The summed E-state index contributed by atoms with van der Waals surface area (Å²) in [5, 5.41) is 7.15. The molecule has 2 heterocycles. The Bertz CT molecular complexity index is 1510. The maximum atomic E-state index is 13.0. The molecule has 4 aromatic rings. The highest BCUT2D eigenvalue weighted by molar-refractivity contribution is 5.95. The number of carbonyl (C=O) groups excluding carboxylic acids is 1. The molecule has 0 radical (unpaired) electrons. The molecule has 0 unspecified atom stereocenters. The number of methoxy groups -OCH3 is 3. The van der Waals surface area contributed by atoms with E-state index in [1.807, 2.05) is 0 Å². The van der Waals surface area contributed by atoms with Gasteiger partial charge in [0.2, 0.25) is 5.75 Å². The fraction of sp³-hybridized carbons (Fsp3) is 0.280. The Kier molecular flexibility index (Phi) is 7.55. The molecular formula is C25H24F3N5O5. The summed E-state index contributed by atoms with van der Waals surface area (Å²) in [6.07, 6.45) is -1.88. The largest absolute Gasteiger partial charge is 0.493 e. The van der Waals surface area contributed by atoms with Crippen LogP contribution in [0.5, 0.6) is 17.2 Å². The molecule has 1 amide bonds. The van der Waals surface area contributed by atoms with Crippen LogP contribution in [0.2, 0.25) is 0 Å². The van der Waals surface area contributed by atoms with Crippen LogP contribution in [0.1, 0.15) is 21.5 Å². The highest BCUT2D eigenvalue weighted by Gasteiger charge is 2.30. The lowest BCUT2D eigenvalue weighted by molar-refractivity contribution is -0.137. The van der Waals surface area contributed by atoms with Gasteiger partial charge in [-0.25, -0.2) is 9.67 Å². The van der Waals surface area contributed by atoms with Crippen LogP contribution in [0, 0.1) is 0 Å². The summed E-state index contributed by atoms with van der Waals surface area (Å²) in [6.45, 7) is 0.298. The lowest BCUT2D eigenvalue weighted by Crippen LogP contribution is -2.28. The number of fused-ring (bicyclic) bond motifs is 1. The molecule has 0 saturated carbocycles. The number of aromatic nitrogens is 4. The van der Waals surface area contributed by atoms with E-state index in [9.17, 15) is 22.8 Å². The molecule has 2 aromatic carbocycles. The molecule has 2 aromatic heterocycles. The van der Waals surface area contributed by atoms with Crippen molar-refractivity contribution in [1.29, 1.82) is 0 Å². The van der Waals surface area contributed by atoms with Gasteiger partial charge >= 0.3 is 6.18 Å². The van der Waals surface area contributed by atoms with E-state index in [1.54, 1.807) is 0 Å². The van der Waals surface area contributed by atoms with E-state index in [1.165, 1.54) is 67.4 Å². The van der Waals surface area contributed by atoms with Crippen LogP contribution in [0.25, 0.3) is 11.0 Å². The molecule has 4 rings (SSSR count). The number of carbonyl (C=O) groups is 1. The first kappa shape index (κ1) is 26.5. The average Bonchev–Trinajstić information content (AvgIpc) is 3.32. The van der Waals surface area contributed by atoms with Gasteiger partial charge in [0.25, 0.3) is 11.5 Å². The van der Waals surface area contributed by atoms with Gasteiger partial charge in [-0.05, 0) is 29.8 Å². The third-order valence-corrected chi connectivity index (χ3v) is 5.77. The van der Waals surface area contributed by atoms with E-state index in [0.29, 0.717) is 28.4 Å². The van der Waals surface area contributed by atoms with Crippen LogP contribution in [-0.2, 0) is 19.3 Å². The van der Waals surface area contributed by atoms with Crippen molar-refractivity contribution in [2.45, 2.75) is 19.3 Å². The SMILES string of the molecule is COc1cc(C(=O)NCCn2ncc3c(=O)n(Cc4cccc(C(F)(F)F)c4)cnc32)cc(OC)c1OC. The summed E-state index contributed by atoms with van der Waals surface area (Å²) in [4.78, 5) is 29.9. The highest BCUT2D eigenvalue weighted by Crippen LogP contribution is 2.38. The molecule has 0 fully saturated rings. The van der Waals surface area contributed by atoms with Crippen molar-refractivity contribution >= 4 is 16.9 Å². The van der Waals surface area contributed by atoms with Crippen molar-refractivity contribution in [2.24, 2.45) is 0 Å². The molecular weight excluding hydrogens is 507 g/mol. The lowest BCUT2D eigenvalue weighted by Gasteiger charge is -2.14. The Hall–Kier alpha value is -4.55. The Morgan fingerprint density at radius 3 is 2.39 bits per heavy atom. The smallest absolute Gasteiger partial charge is 0.416 e. The van der Waals surface area contributed by atoms with Gasteiger partial charge in [-0.1, -0.05) is 12.1 Å². The van der Waals surface area contributed by atoms with Gasteiger partial charge in [-0.15, -0.1) is 0 Å². The molecule has 10 nitrogen and oxygen atoms in total. The number of rotatable bonds is 9. The number of alkyl halides is 3. The van der Waals surface area contributed by atoms with Gasteiger partial charge in [-0.2, -0.15) is 18.3 Å². The highest BCUT2D eigenvalue weighted by atomic mass is 19.4. The van der Waals surface area contributed by atoms with Gasteiger partial charge in [-0.3, -0.25) is 14.2 Å². The normalized spacial score (nSPS) is 11.4. The third kappa shape index (κ3) is 5.41. The number of hydrogen-bond donors (Lipinski definition) is 1. The van der Waals surface area contributed by atoms with Crippen LogP contribution in [0.15, 0.2) is 53.7 Å². The second-order valence-corrected chi connectivity index (χ2v) is 8.15. The predicted octanol–water partition coefficient (Wildman–Crippen LogP) is 3.12. The molecule has 38 heavy (non-hydrogen) atoms. The van der Waals surface area contributed by atoms with Gasteiger partial charge in [0.1, 0.15) is 11.7 Å². The molecule has 0 aliphatic carbocycles. The van der Waals surface area contributed by atoms with Gasteiger partial charge < -0.3 is 19.5 Å². The van der Waals surface area contributed by atoms with Crippen LogP contribution in [0.3, 0.4) is 0 Å². The zero-order chi connectivity index (χ0) is 27.4. The molecule has 0 atom stereocenters. The number of amides is 1. The van der Waals surface area contributed by atoms with E-state index >= 15 is 0 Å². The van der Waals surface area contributed by atoms with Gasteiger partial charge in [0.05, 0.1) is 46.2 Å². The summed E-state index contributed by atoms with van der Waals surface area (Å²) in [6, 6.07) is 7.81. The zero-order valence-electron chi connectivity index (χ0n) is 20.7. The van der Waals surface area contributed by atoms with Crippen molar-refractivity contribution in [1.82, 2.24) is 24.6 Å². The topological polar surface area (TPSA) is 110 Å². The summed E-state index contributed by atoms with van der Waals surface area (Å²) in [5.74, 6) is 0.637. The van der Waals surface area contributed by atoms with Crippen molar-refractivity contribution in [2.75, 3.05) is 27.9 Å². The lowest BCUT2D eigenvalue weighted by atomic mass is 10.1. The maximum Gasteiger partial charge on any atom is 0.416 e. The molecule has 0 saturated heterocycles. The summed E-state index contributed by atoms with van der Waals surface area (Å²) < 4.78 is 57.5. The minimum atomic E-state index is -4.48. The standard InChI is InChI=1S/C25H24F3N5O5/c1-36-19-10-16(11-20(37-2)21(19)38-3)23(34)29-7-8-33-22-18(12-31-33)24(35)32(14-30-22)13-15-5-4-6-17(9-15)25(26,27)28/h4-6,9-12,14H,7-8,13H2,1-3H3,(H,29,34). The van der Waals surface area contributed by atoms with Crippen molar-refractivity contribution in [3.63, 3.8) is 0 Å². The second-order valence-electron chi connectivity index (χ2n) is 8.15. The number of hydrogen-bond acceptors (Lipinski definition) is 7. The zero-order valence-corrected chi connectivity index (χ0v) is 20.7. The van der Waals surface area contributed by atoms with Gasteiger partial charge in [0, 0.05) is 12.1 Å². The Labute approximate surface area is 214 Å². The van der Waals surface area contributed by atoms with Crippen LogP contribution >= 0.6 is 0 Å². The van der Waals surface area contributed by atoms with Crippen molar-refractivity contribution in [3.05, 3.63) is 76.0 Å². The summed E-state index contributed by atoms with van der Waals surface area (Å²) >= 11 is 0. The van der Waals surface area contributed by atoms with Crippen LogP contribution in [-0.4, -0.2) is 53.1 Å². The average molecular weight is 531 g/mol. The van der Waals surface area contributed by atoms with E-state index in [0.717, 1.165) is 12.1 Å². The number of halogens is 3. The Morgan fingerprint density at radius 2 is 1.76 bits per heavy atom. The predicted molar refractivity (Wildman–Crippen MR) is 131 cm³/mol. The van der Waals surface area contributed by atoms with Crippen LogP contribution < -0.4 is 25.1 Å². The monoisotopic (exact) mass is 531 g/mol. The van der Waals surface area contributed by atoms with Crippen LogP contribution in [0.4, 0.5) is 13.2 Å². The number of nitrogens with one attached hydrogen (secondary N) is 1. The molecule has 0 aliphatic rings. The molecule has 200 valence electrons. The van der Waals surface area contributed by atoms with E-state index < -0.39 is 23.2 Å². The Morgan fingerprint density at radius 1 is 1.05 bits per heavy atom. The third-order valence-electron chi connectivity index (χ3n) is 5.77. The quantitative estimate of drug-likeness (QED) is 0.354. The van der Waals surface area contributed by atoms with Gasteiger partial charge in [0.15, 0.2) is 17.1 Å². The minimum absolute atomic E-state index is 0.0816. The first-order valence-electron chi connectivity index (χ1n) is 11.3. The fourth-order valence-electron chi connectivity index (χ4n) is 3.91. The number of benzene rings is 2. The second kappa shape index (κ2) is 10.8. The number of nitrogens with zero attached hydrogens (tertiary/aromatic N) is 4.